The normalized spacial score (nSPS) is 10.5. The second-order valence-corrected chi connectivity index (χ2v) is 3.08. The second-order valence-electron chi connectivity index (χ2n) is 2.67. The van der Waals surface area contributed by atoms with Gasteiger partial charge in [0.25, 0.3) is 0 Å². The molecule has 82 valence electrons. The van der Waals surface area contributed by atoms with Gasteiger partial charge in [0, 0.05) is 0 Å². The van der Waals surface area contributed by atoms with E-state index in [0.29, 0.717) is 0 Å². The van der Waals surface area contributed by atoms with Gasteiger partial charge in [-0.25, -0.2) is 4.39 Å². The minimum atomic E-state index is -3.12. The summed E-state index contributed by atoms with van der Waals surface area (Å²) in [5, 5.41) is -0.318. The molecular formula is C9H6ClF3O2. The summed E-state index contributed by atoms with van der Waals surface area (Å²) in [6.07, 6.45) is 0. The Morgan fingerprint density at radius 3 is 2.53 bits per heavy atom. The summed E-state index contributed by atoms with van der Waals surface area (Å²) in [5.41, 5.74) is -0.567. The van der Waals surface area contributed by atoms with Crippen LogP contribution in [0.25, 0.3) is 0 Å². The molecule has 1 aromatic carbocycles. The molecular weight excluding hydrogens is 233 g/mol. The first-order valence-corrected chi connectivity index (χ1v) is 4.25. The molecule has 15 heavy (non-hydrogen) atoms. The van der Waals surface area contributed by atoms with Crippen molar-refractivity contribution in [2.24, 2.45) is 0 Å². The first-order chi connectivity index (χ1) is 6.93. The summed E-state index contributed by atoms with van der Waals surface area (Å²) in [5.74, 6) is -2.30. The molecule has 0 amide bonds. The van der Waals surface area contributed by atoms with Crippen molar-refractivity contribution in [3.63, 3.8) is 0 Å². The Labute approximate surface area is 88.6 Å². The minimum Gasteiger partial charge on any atom is -0.434 e. The van der Waals surface area contributed by atoms with Gasteiger partial charge in [0.05, 0.1) is 10.6 Å². The highest BCUT2D eigenvalue weighted by Gasteiger charge is 2.19. The predicted molar refractivity (Wildman–Crippen MR) is 48.0 cm³/mol. The molecule has 1 rings (SSSR count). The van der Waals surface area contributed by atoms with E-state index >= 15 is 0 Å². The lowest BCUT2D eigenvalue weighted by Gasteiger charge is -2.09. The van der Waals surface area contributed by atoms with Gasteiger partial charge in [0.1, 0.15) is 5.75 Å². The van der Waals surface area contributed by atoms with E-state index in [1.165, 1.54) is 0 Å². The van der Waals surface area contributed by atoms with Crippen LogP contribution in [0.15, 0.2) is 12.1 Å². The summed E-state index contributed by atoms with van der Waals surface area (Å²) >= 11 is 5.40. The molecule has 1 aromatic rings. The number of ketones is 1. The van der Waals surface area contributed by atoms with E-state index < -0.39 is 29.5 Å². The summed E-state index contributed by atoms with van der Waals surface area (Å²) in [7, 11) is 0. The monoisotopic (exact) mass is 238 g/mol. The first-order valence-electron chi connectivity index (χ1n) is 3.87. The number of benzene rings is 1. The summed E-state index contributed by atoms with van der Waals surface area (Å²) in [6, 6.07) is 2.06. The zero-order chi connectivity index (χ0) is 11.6. The molecule has 0 atom stereocenters. The number of carbonyl (C=O) groups excluding carboxylic acids is 1. The Balaban J connectivity index is 3.27. The van der Waals surface area contributed by atoms with Crippen LogP contribution in [0.4, 0.5) is 13.2 Å². The first kappa shape index (κ1) is 11.8. The van der Waals surface area contributed by atoms with Crippen LogP contribution in [-0.2, 0) is 0 Å². The van der Waals surface area contributed by atoms with Gasteiger partial charge >= 0.3 is 6.61 Å². The predicted octanol–water partition coefficient (Wildman–Crippen LogP) is 3.28. The molecule has 0 saturated carbocycles. The third-order valence-electron chi connectivity index (χ3n) is 1.62. The minimum absolute atomic E-state index is 0.318. The smallest absolute Gasteiger partial charge is 0.387 e. The lowest BCUT2D eigenvalue weighted by molar-refractivity contribution is -0.0503. The Hall–Kier alpha value is -1.23. The van der Waals surface area contributed by atoms with E-state index in [9.17, 15) is 18.0 Å². The molecule has 6 heteroatoms. The van der Waals surface area contributed by atoms with Crippen LogP contribution in [0, 0.1) is 5.82 Å². The Morgan fingerprint density at radius 2 is 2.07 bits per heavy atom. The van der Waals surface area contributed by atoms with Crippen molar-refractivity contribution in [3.8, 4) is 5.75 Å². The fourth-order valence-electron chi connectivity index (χ4n) is 1.06. The fourth-order valence-corrected chi connectivity index (χ4v) is 1.21. The van der Waals surface area contributed by atoms with E-state index in [-0.39, 0.29) is 5.02 Å². The molecule has 0 aliphatic carbocycles. The van der Waals surface area contributed by atoms with Gasteiger partial charge in [-0.15, -0.1) is 0 Å². The van der Waals surface area contributed by atoms with Crippen LogP contribution in [0.5, 0.6) is 5.75 Å². The van der Waals surface area contributed by atoms with Crippen LogP contribution in [0.1, 0.15) is 17.3 Å². The zero-order valence-corrected chi connectivity index (χ0v) is 8.32. The number of hydrogen-bond acceptors (Lipinski definition) is 2. The van der Waals surface area contributed by atoms with Crippen molar-refractivity contribution in [1.82, 2.24) is 0 Å². The highest BCUT2D eigenvalue weighted by Crippen LogP contribution is 2.28. The third-order valence-corrected chi connectivity index (χ3v) is 1.92. The maximum Gasteiger partial charge on any atom is 0.387 e. The molecule has 0 N–H and O–H groups in total. The maximum atomic E-state index is 13.3. The number of halogens is 4. The van der Waals surface area contributed by atoms with E-state index in [2.05, 4.69) is 4.74 Å². The molecule has 0 aliphatic heterocycles. The Morgan fingerprint density at radius 1 is 1.47 bits per heavy atom. The molecule has 0 bridgehead atoms. The van der Waals surface area contributed by atoms with E-state index in [4.69, 9.17) is 11.6 Å². The molecule has 0 fully saturated rings. The van der Waals surface area contributed by atoms with Gasteiger partial charge in [0.2, 0.25) is 0 Å². The van der Waals surface area contributed by atoms with Crippen LogP contribution in [-0.4, -0.2) is 12.4 Å². The zero-order valence-electron chi connectivity index (χ0n) is 7.56. The van der Waals surface area contributed by atoms with Gasteiger partial charge in [-0.3, -0.25) is 4.79 Å². The van der Waals surface area contributed by atoms with E-state index in [1.807, 2.05) is 0 Å². The fraction of sp³-hybridized carbons (Fsp3) is 0.222. The highest BCUT2D eigenvalue weighted by atomic mass is 35.5. The number of ether oxygens (including phenoxy) is 1. The molecule has 0 heterocycles. The van der Waals surface area contributed by atoms with Crippen LogP contribution < -0.4 is 4.74 Å². The third kappa shape index (κ3) is 2.62. The summed E-state index contributed by atoms with van der Waals surface area (Å²) < 4.78 is 41.1. The maximum absolute atomic E-state index is 13.3. The molecule has 0 radical (unpaired) electrons. The largest absolute Gasteiger partial charge is 0.434 e. The molecule has 0 aliphatic rings. The molecule has 0 aromatic heterocycles. The standard InChI is InChI=1S/C9H6ClF3O2/c1-4(14)7-6(15-9(12)13)3-2-5(10)8(7)11/h2-3,9H,1H3. The van der Waals surface area contributed by atoms with Gasteiger partial charge in [-0.2, -0.15) is 8.78 Å². The number of rotatable bonds is 3. The lowest BCUT2D eigenvalue weighted by atomic mass is 10.1. The summed E-state index contributed by atoms with van der Waals surface area (Å²) in [6.45, 7) is -2.09. The average Bonchev–Trinajstić information content (AvgIpc) is 2.10. The number of Topliss-reactive ketones (excluding diaryl/α,β-unsaturated/α-hetero) is 1. The molecule has 0 unspecified atom stereocenters. The van der Waals surface area contributed by atoms with Crippen molar-refractivity contribution in [2.45, 2.75) is 13.5 Å². The Bertz CT molecular complexity index is 393. The quantitative estimate of drug-likeness (QED) is 0.756. The van der Waals surface area contributed by atoms with Gasteiger partial charge in [-0.1, -0.05) is 11.6 Å². The summed E-state index contributed by atoms with van der Waals surface area (Å²) in [4.78, 5) is 11.0. The van der Waals surface area contributed by atoms with Crippen molar-refractivity contribution in [3.05, 3.63) is 28.5 Å². The van der Waals surface area contributed by atoms with Crippen LogP contribution in [0.3, 0.4) is 0 Å². The van der Waals surface area contributed by atoms with Crippen LogP contribution in [0.2, 0.25) is 5.02 Å². The van der Waals surface area contributed by atoms with Crippen molar-refractivity contribution >= 4 is 17.4 Å². The van der Waals surface area contributed by atoms with Crippen LogP contribution >= 0.6 is 11.6 Å². The topological polar surface area (TPSA) is 26.3 Å². The highest BCUT2D eigenvalue weighted by molar-refractivity contribution is 6.31. The number of carbonyl (C=O) groups is 1. The lowest BCUT2D eigenvalue weighted by Crippen LogP contribution is -2.08. The SMILES string of the molecule is CC(=O)c1c(OC(F)F)ccc(Cl)c1F. The van der Waals surface area contributed by atoms with Crippen molar-refractivity contribution < 1.29 is 22.7 Å². The second kappa shape index (κ2) is 4.53. The Kier molecular flexibility index (Phi) is 3.57. The number of hydrogen-bond donors (Lipinski definition) is 0. The van der Waals surface area contributed by atoms with Gasteiger partial charge in [0.15, 0.2) is 11.6 Å². The molecule has 2 nitrogen and oxygen atoms in total. The number of alkyl halides is 2. The van der Waals surface area contributed by atoms with Gasteiger partial charge < -0.3 is 4.74 Å². The molecule has 0 saturated heterocycles. The van der Waals surface area contributed by atoms with Gasteiger partial charge in [-0.05, 0) is 19.1 Å². The van der Waals surface area contributed by atoms with E-state index in [1.54, 1.807) is 0 Å². The van der Waals surface area contributed by atoms with E-state index in [0.717, 1.165) is 19.1 Å². The van der Waals surface area contributed by atoms with Crippen molar-refractivity contribution in [1.29, 1.82) is 0 Å². The molecule has 0 spiro atoms. The average molecular weight is 239 g/mol. The van der Waals surface area contributed by atoms with Crippen molar-refractivity contribution in [2.75, 3.05) is 0 Å².